The minimum Gasteiger partial charge on any atom is -0.384 e. The van der Waals surface area contributed by atoms with E-state index in [-0.39, 0.29) is 10.7 Å². The third-order valence-corrected chi connectivity index (χ3v) is 3.37. The zero-order valence-electron chi connectivity index (χ0n) is 9.56. The zero-order chi connectivity index (χ0) is 12.2. The fourth-order valence-electron chi connectivity index (χ4n) is 1.23. The number of hydrogen-bond donors (Lipinski definition) is 0. The number of rotatable bonds is 5. The van der Waals surface area contributed by atoms with Gasteiger partial charge in [-0.1, -0.05) is 31.2 Å². The van der Waals surface area contributed by atoms with Crippen molar-refractivity contribution in [3.05, 3.63) is 42.2 Å². The zero-order valence-corrected chi connectivity index (χ0v) is 10.4. The second-order valence-corrected chi connectivity index (χ2v) is 5.19. The molecule has 1 rings (SSSR count). The first-order valence-corrected chi connectivity index (χ1v) is 6.55. The van der Waals surface area contributed by atoms with Gasteiger partial charge in [0.1, 0.15) is 10.7 Å². The molecule has 4 heteroatoms. The van der Waals surface area contributed by atoms with E-state index < -0.39 is 10.1 Å². The summed E-state index contributed by atoms with van der Waals surface area (Å²) in [5.74, 6) is 0.281. The molecule has 88 valence electrons. The second-order valence-electron chi connectivity index (χ2n) is 3.64. The summed E-state index contributed by atoms with van der Waals surface area (Å²) in [7, 11) is -3.70. The molecule has 1 aromatic carbocycles. The predicted molar refractivity (Wildman–Crippen MR) is 63.5 cm³/mol. The summed E-state index contributed by atoms with van der Waals surface area (Å²) in [6.45, 7) is 7.40. The van der Waals surface area contributed by atoms with Crippen molar-refractivity contribution < 1.29 is 12.6 Å². The van der Waals surface area contributed by atoms with E-state index in [1.165, 1.54) is 12.1 Å². The highest BCUT2D eigenvalue weighted by Crippen LogP contribution is 2.17. The lowest BCUT2D eigenvalue weighted by Gasteiger charge is -2.08. The van der Waals surface area contributed by atoms with Crippen LogP contribution >= 0.6 is 0 Å². The quantitative estimate of drug-likeness (QED) is 0.587. The number of hydrogen-bond acceptors (Lipinski definition) is 3. The van der Waals surface area contributed by atoms with E-state index in [9.17, 15) is 8.42 Å². The molecule has 0 aliphatic heterocycles. The van der Waals surface area contributed by atoms with Crippen LogP contribution < -0.4 is 0 Å². The maximum absolute atomic E-state index is 11.7. The Morgan fingerprint density at radius 1 is 1.31 bits per heavy atom. The van der Waals surface area contributed by atoms with Crippen LogP contribution in [0.5, 0.6) is 0 Å². The molecule has 0 bridgehead atoms. The van der Waals surface area contributed by atoms with Crippen LogP contribution in [0.1, 0.15) is 25.3 Å². The van der Waals surface area contributed by atoms with Crippen molar-refractivity contribution in [3.8, 4) is 0 Å². The van der Waals surface area contributed by atoms with Gasteiger partial charge in [-0.05, 0) is 25.5 Å². The van der Waals surface area contributed by atoms with E-state index in [4.69, 9.17) is 4.18 Å². The minimum absolute atomic E-state index is 0.162. The largest absolute Gasteiger partial charge is 0.384 e. The van der Waals surface area contributed by atoms with E-state index in [1.807, 2.05) is 13.8 Å². The van der Waals surface area contributed by atoms with Gasteiger partial charge in [0, 0.05) is 6.42 Å². The normalized spacial score (nSPS) is 11.1. The summed E-state index contributed by atoms with van der Waals surface area (Å²) < 4.78 is 28.4. The predicted octanol–water partition coefficient (Wildman–Crippen LogP) is 3.01. The van der Waals surface area contributed by atoms with E-state index >= 15 is 0 Å². The monoisotopic (exact) mass is 240 g/mol. The van der Waals surface area contributed by atoms with Crippen molar-refractivity contribution in [2.45, 2.75) is 31.6 Å². The first-order valence-electron chi connectivity index (χ1n) is 5.14. The maximum Gasteiger partial charge on any atom is 0.338 e. The molecule has 0 radical (unpaired) electrons. The van der Waals surface area contributed by atoms with Crippen LogP contribution in [0, 0.1) is 6.92 Å². The summed E-state index contributed by atoms with van der Waals surface area (Å²) in [5, 5.41) is 0. The molecule has 0 aliphatic carbocycles. The maximum atomic E-state index is 11.7. The van der Waals surface area contributed by atoms with E-state index in [0.29, 0.717) is 6.42 Å². The Labute approximate surface area is 96.9 Å². The summed E-state index contributed by atoms with van der Waals surface area (Å²) in [5.41, 5.74) is 1.01. The van der Waals surface area contributed by atoms with Crippen LogP contribution in [-0.2, 0) is 14.3 Å². The highest BCUT2D eigenvalue weighted by molar-refractivity contribution is 7.86. The van der Waals surface area contributed by atoms with E-state index in [0.717, 1.165) is 12.0 Å². The molecule has 16 heavy (non-hydrogen) atoms. The van der Waals surface area contributed by atoms with Crippen LogP contribution in [0.2, 0.25) is 0 Å². The number of allylic oxidation sites excluding steroid dienone is 1. The summed E-state index contributed by atoms with van der Waals surface area (Å²) >= 11 is 0. The lowest BCUT2D eigenvalue weighted by molar-refractivity contribution is 0.391. The van der Waals surface area contributed by atoms with Crippen LogP contribution in [0.4, 0.5) is 0 Å². The first-order chi connectivity index (χ1) is 7.45. The van der Waals surface area contributed by atoms with Gasteiger partial charge in [-0.25, -0.2) is 0 Å². The van der Waals surface area contributed by atoms with Crippen LogP contribution in [0.3, 0.4) is 0 Å². The molecule has 0 unspecified atom stereocenters. The third-order valence-electron chi connectivity index (χ3n) is 2.07. The Hall–Kier alpha value is -1.29. The van der Waals surface area contributed by atoms with E-state index in [2.05, 4.69) is 6.58 Å². The number of aryl methyl sites for hydroxylation is 1. The van der Waals surface area contributed by atoms with Gasteiger partial charge in [-0.15, -0.1) is 0 Å². The lowest BCUT2D eigenvalue weighted by Crippen LogP contribution is -2.05. The molecule has 0 atom stereocenters. The molecule has 3 nitrogen and oxygen atoms in total. The molecule has 0 spiro atoms. The van der Waals surface area contributed by atoms with Crippen molar-refractivity contribution >= 4 is 10.1 Å². The van der Waals surface area contributed by atoms with Gasteiger partial charge >= 0.3 is 10.1 Å². The van der Waals surface area contributed by atoms with Gasteiger partial charge < -0.3 is 4.18 Å². The highest BCUT2D eigenvalue weighted by Gasteiger charge is 2.16. The molecule has 0 saturated heterocycles. The van der Waals surface area contributed by atoms with Crippen LogP contribution in [-0.4, -0.2) is 8.42 Å². The second kappa shape index (κ2) is 5.16. The molecule has 0 N–H and O–H groups in total. The van der Waals surface area contributed by atoms with Gasteiger partial charge in [-0.3, -0.25) is 0 Å². The van der Waals surface area contributed by atoms with Crippen LogP contribution in [0.25, 0.3) is 0 Å². The number of benzene rings is 1. The van der Waals surface area contributed by atoms with Crippen molar-refractivity contribution in [1.82, 2.24) is 0 Å². The Bertz CT molecular complexity index is 458. The lowest BCUT2D eigenvalue weighted by atomic mass is 10.2. The Kier molecular flexibility index (Phi) is 4.12. The molecule has 0 saturated carbocycles. The van der Waals surface area contributed by atoms with Gasteiger partial charge in [0.15, 0.2) is 0 Å². The Morgan fingerprint density at radius 3 is 2.38 bits per heavy atom. The van der Waals surface area contributed by atoms with Crippen molar-refractivity contribution in [2.24, 2.45) is 0 Å². The molecule has 0 amide bonds. The third kappa shape index (κ3) is 3.38. The standard InChI is InChI=1S/C12H16O3S/c1-4-5-11(3)15-16(13,14)12-8-6-10(2)7-9-12/h6-9H,3-5H2,1-2H3. The van der Waals surface area contributed by atoms with Gasteiger partial charge in [-0.2, -0.15) is 8.42 Å². The van der Waals surface area contributed by atoms with E-state index in [1.54, 1.807) is 12.1 Å². The van der Waals surface area contributed by atoms with Gasteiger partial charge in [0.05, 0.1) is 0 Å². The fraction of sp³-hybridized carbons (Fsp3) is 0.333. The molecule has 1 aromatic rings. The van der Waals surface area contributed by atoms with Crippen molar-refractivity contribution in [3.63, 3.8) is 0 Å². The SMILES string of the molecule is C=C(CCC)OS(=O)(=O)c1ccc(C)cc1. The van der Waals surface area contributed by atoms with Crippen molar-refractivity contribution in [2.75, 3.05) is 0 Å². The minimum atomic E-state index is -3.70. The average molecular weight is 240 g/mol. The average Bonchev–Trinajstić information content (AvgIpc) is 2.17. The van der Waals surface area contributed by atoms with Gasteiger partial charge in [0.2, 0.25) is 0 Å². The topological polar surface area (TPSA) is 43.4 Å². The smallest absolute Gasteiger partial charge is 0.338 e. The summed E-state index contributed by atoms with van der Waals surface area (Å²) in [6.07, 6.45) is 1.35. The molecule has 0 fully saturated rings. The first kappa shape index (κ1) is 12.8. The molecular weight excluding hydrogens is 224 g/mol. The van der Waals surface area contributed by atoms with Gasteiger partial charge in [0.25, 0.3) is 0 Å². The molecule has 0 heterocycles. The molecule has 0 aliphatic rings. The highest BCUT2D eigenvalue weighted by atomic mass is 32.2. The Balaban J connectivity index is 2.86. The van der Waals surface area contributed by atoms with Crippen molar-refractivity contribution in [1.29, 1.82) is 0 Å². The Morgan fingerprint density at radius 2 is 1.88 bits per heavy atom. The van der Waals surface area contributed by atoms with Crippen LogP contribution in [0.15, 0.2) is 41.5 Å². The summed E-state index contributed by atoms with van der Waals surface area (Å²) in [4.78, 5) is 0.162. The fourth-order valence-corrected chi connectivity index (χ4v) is 2.19. The molecular formula is C12H16O3S. The molecule has 0 aromatic heterocycles. The summed E-state index contributed by atoms with van der Waals surface area (Å²) in [6, 6.07) is 6.53.